The fourth-order valence-corrected chi connectivity index (χ4v) is 7.81. The van der Waals surface area contributed by atoms with Crippen LogP contribution in [0.2, 0.25) is 14.8 Å². The Bertz CT molecular complexity index is 687. The molecule has 1 saturated heterocycles. The second kappa shape index (κ2) is 8.09. The number of rotatable bonds is 6. The van der Waals surface area contributed by atoms with Crippen LogP contribution in [-0.4, -0.2) is 24.5 Å². The summed E-state index contributed by atoms with van der Waals surface area (Å²) < 4.78 is 8.10. The van der Waals surface area contributed by atoms with Gasteiger partial charge in [0.25, 0.3) is 0 Å². The van der Waals surface area contributed by atoms with E-state index >= 15 is 0 Å². The zero-order valence-electron chi connectivity index (χ0n) is 15.7. The Balaban J connectivity index is 1.76. The predicted octanol–water partition coefficient (Wildman–Crippen LogP) is 6.20. The normalized spacial score (nSPS) is 23.6. The Morgan fingerprint density at radius 1 is 1.00 bits per heavy atom. The van der Waals surface area contributed by atoms with Crippen LogP contribution in [-0.2, 0) is 11.2 Å². The Kier molecular flexibility index (Phi) is 6.06. The van der Waals surface area contributed by atoms with Crippen LogP contribution in [0.25, 0.3) is 0 Å². The first-order valence-electron chi connectivity index (χ1n) is 9.39. The van der Waals surface area contributed by atoms with Gasteiger partial charge in [0.2, 0.25) is 0 Å². The first-order chi connectivity index (χ1) is 11.9. The topological polar surface area (TPSA) is 9.23 Å². The van der Waals surface area contributed by atoms with E-state index in [1.165, 1.54) is 14.7 Å². The van der Waals surface area contributed by atoms with Gasteiger partial charge >= 0.3 is 157 Å². The fourth-order valence-electron chi connectivity index (χ4n) is 3.77. The van der Waals surface area contributed by atoms with E-state index in [9.17, 15) is 0 Å². The molecule has 1 nitrogen and oxygen atoms in total. The third-order valence-electron chi connectivity index (χ3n) is 5.40. The Morgan fingerprint density at radius 2 is 1.60 bits per heavy atom. The molecule has 0 unspecified atom stereocenters. The first kappa shape index (κ1) is 18.7. The molecule has 0 amide bonds. The van der Waals surface area contributed by atoms with Crippen LogP contribution in [0, 0.1) is 5.92 Å². The molecule has 0 aromatic heterocycles. The van der Waals surface area contributed by atoms with E-state index in [4.69, 9.17) is 4.74 Å². The van der Waals surface area contributed by atoms with E-state index in [0.29, 0.717) is 12.0 Å². The van der Waals surface area contributed by atoms with E-state index in [-0.39, 0.29) is 6.10 Å². The van der Waals surface area contributed by atoms with E-state index in [2.05, 4.69) is 82.1 Å². The summed E-state index contributed by atoms with van der Waals surface area (Å²) in [5, 5.41) is 0. The zero-order chi connectivity index (χ0) is 17.9. The van der Waals surface area contributed by atoms with Gasteiger partial charge in [0.15, 0.2) is 0 Å². The van der Waals surface area contributed by atoms with E-state index < -0.39 is 18.4 Å². The van der Waals surface area contributed by atoms with Gasteiger partial charge in [-0.05, 0) is 0 Å². The van der Waals surface area contributed by atoms with E-state index in [1.807, 2.05) is 0 Å². The van der Waals surface area contributed by atoms with Crippen molar-refractivity contribution >= 4 is 18.4 Å². The fraction of sp³-hybridized carbons (Fsp3) is 0.391. The second-order valence-corrected chi connectivity index (χ2v) is 22.9. The molecule has 25 heavy (non-hydrogen) atoms. The Morgan fingerprint density at radius 3 is 2.20 bits per heavy atom. The summed E-state index contributed by atoms with van der Waals surface area (Å²) in [6.07, 6.45) is 3.78. The minimum atomic E-state index is -2.15. The van der Waals surface area contributed by atoms with Gasteiger partial charge in [-0.25, -0.2) is 0 Å². The molecular formula is C23H30OSn. The first-order valence-corrected chi connectivity index (χ1v) is 19.4. The molecular weight excluding hydrogens is 411 g/mol. The van der Waals surface area contributed by atoms with Gasteiger partial charge in [-0.15, -0.1) is 0 Å². The van der Waals surface area contributed by atoms with E-state index in [1.54, 1.807) is 0 Å². The van der Waals surface area contributed by atoms with Crippen molar-refractivity contribution in [3.05, 3.63) is 82.0 Å². The molecule has 0 N–H and O–H groups in total. The summed E-state index contributed by atoms with van der Waals surface area (Å²) in [4.78, 5) is 7.42. The third kappa shape index (κ3) is 4.77. The second-order valence-electron chi connectivity index (χ2n) is 8.22. The van der Waals surface area contributed by atoms with Crippen LogP contribution in [0.4, 0.5) is 0 Å². The molecule has 0 radical (unpaired) electrons. The average Bonchev–Trinajstić information content (AvgIpc) is 3.04. The van der Waals surface area contributed by atoms with Gasteiger partial charge in [0.1, 0.15) is 0 Å². The molecule has 1 heterocycles. The Hall–Kier alpha value is -1.06. The van der Waals surface area contributed by atoms with Crippen molar-refractivity contribution < 1.29 is 4.74 Å². The van der Waals surface area contributed by atoms with Gasteiger partial charge in [-0.3, -0.25) is 0 Å². The number of ether oxygens (including phenoxy) is 1. The molecule has 1 fully saturated rings. The van der Waals surface area contributed by atoms with Gasteiger partial charge in [-0.2, -0.15) is 0 Å². The average molecular weight is 441 g/mol. The standard InChI is InChI=1S/C20H21O.3CH3.Sn/c1-2-17-15-20(18-11-7-4-8-12-18)21-19(17)14-13-16-9-5-3-6-10-16;;;;/h3-12,17,19-20H,1,13-15H2;3*1H3;/t17-,19-,20-;;;;/m1..../s1. The van der Waals surface area contributed by atoms with Crippen molar-refractivity contribution in [3.8, 4) is 0 Å². The van der Waals surface area contributed by atoms with Crippen molar-refractivity contribution in [1.29, 1.82) is 0 Å². The van der Waals surface area contributed by atoms with Crippen molar-refractivity contribution in [2.75, 3.05) is 0 Å². The molecule has 0 saturated carbocycles. The molecule has 2 aromatic rings. The summed E-state index contributed by atoms with van der Waals surface area (Å²) in [5.74, 6) is 0.518. The van der Waals surface area contributed by atoms with E-state index in [0.717, 1.165) is 19.3 Å². The van der Waals surface area contributed by atoms with Crippen LogP contribution < -0.4 is 0 Å². The maximum absolute atomic E-state index is 6.57. The number of benzene rings is 2. The molecule has 1 aliphatic rings. The van der Waals surface area contributed by atoms with Crippen molar-refractivity contribution in [2.24, 2.45) is 5.92 Å². The van der Waals surface area contributed by atoms with Gasteiger partial charge in [0.05, 0.1) is 0 Å². The minimum absolute atomic E-state index is 0.220. The molecule has 2 heteroatoms. The summed E-state index contributed by atoms with van der Waals surface area (Å²) in [5.41, 5.74) is 2.71. The molecule has 1 aliphatic heterocycles. The predicted molar refractivity (Wildman–Crippen MR) is 109 cm³/mol. The van der Waals surface area contributed by atoms with Gasteiger partial charge < -0.3 is 0 Å². The van der Waals surface area contributed by atoms with Gasteiger partial charge in [0, 0.05) is 0 Å². The van der Waals surface area contributed by atoms with Crippen LogP contribution in [0.1, 0.15) is 30.1 Å². The van der Waals surface area contributed by atoms with Crippen LogP contribution >= 0.6 is 0 Å². The SMILES string of the molecule is C=[C]([C@@H]1C[C@H](c2ccccc2)O[C@@H]1CCc1ccccc1)[Sn]([CH3])([CH3])[CH3]. The van der Waals surface area contributed by atoms with Gasteiger partial charge in [-0.1, -0.05) is 0 Å². The summed E-state index contributed by atoms with van der Waals surface area (Å²) >= 11 is -2.15. The van der Waals surface area contributed by atoms with Crippen molar-refractivity contribution in [2.45, 2.75) is 46.3 Å². The van der Waals surface area contributed by atoms with Crippen molar-refractivity contribution in [3.63, 3.8) is 0 Å². The molecule has 0 bridgehead atoms. The van der Waals surface area contributed by atoms with Crippen LogP contribution in [0.5, 0.6) is 0 Å². The summed E-state index contributed by atoms with van der Waals surface area (Å²) in [6, 6.07) is 21.5. The molecule has 132 valence electrons. The van der Waals surface area contributed by atoms with Crippen molar-refractivity contribution in [1.82, 2.24) is 0 Å². The summed E-state index contributed by atoms with van der Waals surface area (Å²) in [7, 11) is 0. The molecule has 3 atom stereocenters. The quantitative estimate of drug-likeness (QED) is 0.486. The molecule has 2 aromatic carbocycles. The molecule has 0 spiro atoms. The molecule has 3 rings (SSSR count). The summed E-state index contributed by atoms with van der Waals surface area (Å²) in [6.45, 7) is 4.55. The number of hydrogen-bond acceptors (Lipinski definition) is 1. The monoisotopic (exact) mass is 442 g/mol. The zero-order valence-corrected chi connectivity index (χ0v) is 18.6. The van der Waals surface area contributed by atoms with Crippen LogP contribution in [0.15, 0.2) is 70.8 Å². The third-order valence-corrected chi connectivity index (χ3v) is 12.0. The number of hydrogen-bond donors (Lipinski definition) is 0. The Labute approximate surface area is 157 Å². The molecule has 0 aliphatic carbocycles. The maximum atomic E-state index is 6.57. The van der Waals surface area contributed by atoms with Crippen LogP contribution in [0.3, 0.4) is 0 Å². The number of aryl methyl sites for hydroxylation is 1.